The molecule has 23 heavy (non-hydrogen) atoms. The molecule has 0 unspecified atom stereocenters. The second kappa shape index (κ2) is 5.92. The number of benzene rings is 2. The van der Waals surface area contributed by atoms with Crippen LogP contribution in [0, 0.1) is 0 Å². The molecule has 2 aromatic rings. The van der Waals surface area contributed by atoms with E-state index in [0.29, 0.717) is 16.9 Å². The first-order valence-electron chi connectivity index (χ1n) is 6.89. The number of rotatable bonds is 4. The lowest BCUT2D eigenvalue weighted by Gasteiger charge is -2.14. The molecule has 0 saturated heterocycles. The Balaban J connectivity index is 1.73. The molecule has 0 aliphatic carbocycles. The van der Waals surface area contributed by atoms with Crippen LogP contribution in [0.25, 0.3) is 0 Å². The fourth-order valence-electron chi connectivity index (χ4n) is 2.37. The summed E-state index contributed by atoms with van der Waals surface area (Å²) in [6, 6.07) is 13.0. The molecule has 0 bridgehead atoms. The number of amides is 2. The van der Waals surface area contributed by atoms with Gasteiger partial charge in [0.2, 0.25) is 0 Å². The SMILES string of the molecule is COc1ccccc1C(=O)OCN1C(=O)c2ccccc2C1=O. The van der Waals surface area contributed by atoms with Gasteiger partial charge in [-0.15, -0.1) is 0 Å². The predicted octanol–water partition coefficient (Wildman–Crippen LogP) is 2.11. The molecule has 0 atom stereocenters. The maximum Gasteiger partial charge on any atom is 0.343 e. The molecule has 0 radical (unpaired) electrons. The zero-order valence-corrected chi connectivity index (χ0v) is 12.3. The summed E-state index contributed by atoms with van der Waals surface area (Å²) in [6.07, 6.45) is 0. The van der Waals surface area contributed by atoms with Gasteiger partial charge in [0.1, 0.15) is 11.3 Å². The molecule has 1 aliphatic rings. The second-order valence-electron chi connectivity index (χ2n) is 4.85. The van der Waals surface area contributed by atoms with Crippen LogP contribution in [0.4, 0.5) is 0 Å². The molecule has 0 fully saturated rings. The number of carbonyl (C=O) groups excluding carboxylic acids is 3. The van der Waals surface area contributed by atoms with Gasteiger partial charge >= 0.3 is 5.97 Å². The monoisotopic (exact) mass is 311 g/mol. The van der Waals surface area contributed by atoms with Crippen molar-refractivity contribution in [3.8, 4) is 5.75 Å². The van der Waals surface area contributed by atoms with Crippen molar-refractivity contribution in [2.24, 2.45) is 0 Å². The standard InChI is InChI=1S/C17H13NO5/c1-22-14-9-5-4-8-13(14)17(21)23-10-18-15(19)11-6-2-3-7-12(11)16(18)20/h2-9H,10H2,1H3. The van der Waals surface area contributed by atoms with Gasteiger partial charge in [0.25, 0.3) is 11.8 Å². The van der Waals surface area contributed by atoms with Gasteiger partial charge in [-0.2, -0.15) is 0 Å². The highest BCUT2D eigenvalue weighted by Crippen LogP contribution is 2.23. The molecule has 1 heterocycles. The second-order valence-corrected chi connectivity index (χ2v) is 4.85. The number of para-hydroxylation sites is 1. The highest BCUT2D eigenvalue weighted by Gasteiger charge is 2.35. The number of esters is 1. The Morgan fingerprint density at radius 1 is 0.957 bits per heavy atom. The molecule has 0 spiro atoms. The van der Waals surface area contributed by atoms with E-state index in [1.807, 2.05) is 0 Å². The van der Waals surface area contributed by atoms with Crippen LogP contribution in [-0.2, 0) is 4.74 Å². The predicted molar refractivity (Wildman–Crippen MR) is 80.2 cm³/mol. The summed E-state index contributed by atoms with van der Waals surface area (Å²) in [6.45, 7) is -0.441. The van der Waals surface area contributed by atoms with Gasteiger partial charge in [-0.05, 0) is 24.3 Å². The van der Waals surface area contributed by atoms with Gasteiger partial charge in [-0.1, -0.05) is 24.3 Å². The first-order chi connectivity index (χ1) is 11.1. The third-order valence-corrected chi connectivity index (χ3v) is 3.53. The van der Waals surface area contributed by atoms with Gasteiger partial charge < -0.3 is 9.47 Å². The van der Waals surface area contributed by atoms with E-state index in [1.54, 1.807) is 48.5 Å². The Hall–Kier alpha value is -3.15. The van der Waals surface area contributed by atoms with E-state index in [1.165, 1.54) is 7.11 Å². The van der Waals surface area contributed by atoms with Gasteiger partial charge in [0.15, 0.2) is 6.73 Å². The van der Waals surface area contributed by atoms with E-state index in [2.05, 4.69) is 0 Å². The number of carbonyl (C=O) groups is 3. The molecular formula is C17H13NO5. The van der Waals surface area contributed by atoms with Crippen LogP contribution in [0.2, 0.25) is 0 Å². The number of nitrogens with zero attached hydrogens (tertiary/aromatic N) is 1. The zero-order chi connectivity index (χ0) is 16.4. The molecule has 0 N–H and O–H groups in total. The Labute approximate surface area is 132 Å². The Bertz CT molecular complexity index is 764. The van der Waals surface area contributed by atoms with E-state index in [-0.39, 0.29) is 5.56 Å². The highest BCUT2D eigenvalue weighted by atomic mass is 16.5. The molecule has 2 aromatic carbocycles. The summed E-state index contributed by atoms with van der Waals surface area (Å²) in [4.78, 5) is 37.4. The van der Waals surface area contributed by atoms with Crippen LogP contribution in [0.3, 0.4) is 0 Å². The van der Waals surface area contributed by atoms with E-state index in [0.717, 1.165) is 4.90 Å². The van der Waals surface area contributed by atoms with Crippen molar-refractivity contribution in [2.45, 2.75) is 0 Å². The number of hydrogen-bond acceptors (Lipinski definition) is 5. The number of ether oxygens (including phenoxy) is 2. The quantitative estimate of drug-likeness (QED) is 0.638. The van der Waals surface area contributed by atoms with Crippen LogP contribution in [0.5, 0.6) is 5.75 Å². The third kappa shape index (κ3) is 2.55. The van der Waals surface area contributed by atoms with Crippen molar-refractivity contribution in [1.82, 2.24) is 4.90 Å². The Kier molecular flexibility index (Phi) is 3.80. The third-order valence-electron chi connectivity index (χ3n) is 3.53. The average molecular weight is 311 g/mol. The van der Waals surface area contributed by atoms with E-state index in [9.17, 15) is 14.4 Å². The fourth-order valence-corrected chi connectivity index (χ4v) is 2.37. The average Bonchev–Trinajstić information content (AvgIpc) is 2.84. The van der Waals surface area contributed by atoms with E-state index >= 15 is 0 Å². The summed E-state index contributed by atoms with van der Waals surface area (Å²) in [5.74, 6) is -1.25. The Morgan fingerprint density at radius 2 is 1.52 bits per heavy atom. The topological polar surface area (TPSA) is 72.9 Å². The van der Waals surface area contributed by atoms with Gasteiger partial charge in [-0.25, -0.2) is 9.69 Å². The number of methoxy groups -OCH3 is 1. The van der Waals surface area contributed by atoms with Gasteiger partial charge in [0.05, 0.1) is 18.2 Å². The summed E-state index contributed by atoms with van der Waals surface area (Å²) in [5.41, 5.74) is 0.850. The smallest absolute Gasteiger partial charge is 0.343 e. The molecule has 6 heteroatoms. The molecule has 0 saturated carbocycles. The first kappa shape index (κ1) is 14.8. The molecule has 0 aromatic heterocycles. The van der Waals surface area contributed by atoms with Crippen molar-refractivity contribution in [3.05, 3.63) is 65.2 Å². The van der Waals surface area contributed by atoms with Crippen molar-refractivity contribution >= 4 is 17.8 Å². The summed E-state index contributed by atoms with van der Waals surface area (Å²) in [7, 11) is 1.44. The number of imide groups is 1. The minimum absolute atomic E-state index is 0.228. The van der Waals surface area contributed by atoms with Gasteiger partial charge in [0, 0.05) is 0 Å². The van der Waals surface area contributed by atoms with E-state index < -0.39 is 24.5 Å². The zero-order valence-electron chi connectivity index (χ0n) is 12.3. The lowest BCUT2D eigenvalue weighted by Crippen LogP contribution is -2.33. The maximum atomic E-state index is 12.2. The van der Waals surface area contributed by atoms with Crippen molar-refractivity contribution in [2.75, 3.05) is 13.8 Å². The first-order valence-corrected chi connectivity index (χ1v) is 6.89. The van der Waals surface area contributed by atoms with Crippen LogP contribution in [0.1, 0.15) is 31.1 Å². The van der Waals surface area contributed by atoms with Crippen LogP contribution >= 0.6 is 0 Å². The minimum atomic E-state index is -0.668. The normalized spacial score (nSPS) is 13.0. The van der Waals surface area contributed by atoms with E-state index in [4.69, 9.17) is 9.47 Å². The number of fused-ring (bicyclic) bond motifs is 1. The molecule has 1 aliphatic heterocycles. The molecule has 116 valence electrons. The van der Waals surface area contributed by atoms with Crippen LogP contribution in [0.15, 0.2) is 48.5 Å². The maximum absolute atomic E-state index is 12.2. The summed E-state index contributed by atoms with van der Waals surface area (Å²) >= 11 is 0. The summed E-state index contributed by atoms with van der Waals surface area (Å²) < 4.78 is 10.2. The van der Waals surface area contributed by atoms with Crippen LogP contribution in [-0.4, -0.2) is 36.5 Å². The largest absolute Gasteiger partial charge is 0.496 e. The molecule has 3 rings (SSSR count). The Morgan fingerprint density at radius 3 is 2.13 bits per heavy atom. The molecule has 2 amide bonds. The lowest BCUT2D eigenvalue weighted by atomic mass is 10.1. The lowest BCUT2D eigenvalue weighted by molar-refractivity contribution is 0.0226. The van der Waals surface area contributed by atoms with Crippen LogP contribution < -0.4 is 4.74 Å². The summed E-state index contributed by atoms with van der Waals surface area (Å²) in [5, 5.41) is 0. The van der Waals surface area contributed by atoms with Crippen molar-refractivity contribution < 1.29 is 23.9 Å². The van der Waals surface area contributed by atoms with Crippen molar-refractivity contribution in [3.63, 3.8) is 0 Å². The number of hydrogen-bond donors (Lipinski definition) is 0. The highest BCUT2D eigenvalue weighted by molar-refractivity contribution is 6.21. The molecular weight excluding hydrogens is 298 g/mol. The van der Waals surface area contributed by atoms with Gasteiger partial charge in [-0.3, -0.25) is 9.59 Å². The fraction of sp³-hybridized carbons (Fsp3) is 0.118. The van der Waals surface area contributed by atoms with Crippen molar-refractivity contribution in [1.29, 1.82) is 0 Å². The minimum Gasteiger partial charge on any atom is -0.496 e. The molecule has 6 nitrogen and oxygen atoms in total.